The van der Waals surface area contributed by atoms with Gasteiger partial charge in [-0.3, -0.25) is 4.79 Å². The minimum absolute atomic E-state index is 0.0684. The van der Waals surface area contributed by atoms with Crippen molar-refractivity contribution in [3.05, 3.63) is 0 Å². The van der Waals surface area contributed by atoms with Crippen LogP contribution in [0.3, 0.4) is 0 Å². The molecule has 3 fully saturated rings. The largest absolute Gasteiger partial charge is 0.322 e. The van der Waals surface area contributed by atoms with Crippen LogP contribution < -0.4 is 5.32 Å². The standard InChI is InChI=1S/C14H20FN3O/c15-10-6-11(7-16)18(8-10)14(19)13-5-9-3-1-2-4-12(9)17-13/h9-13,17H,1-6,8H2/t9?,10-,11-,12?,13?/m0/s1. The summed E-state index contributed by atoms with van der Waals surface area (Å²) in [5.41, 5.74) is 0. The molecule has 2 saturated heterocycles. The zero-order valence-electron chi connectivity index (χ0n) is 11.0. The summed E-state index contributed by atoms with van der Waals surface area (Å²) in [6, 6.07) is 1.72. The predicted octanol–water partition coefficient (Wildman–Crippen LogP) is 1.37. The first-order valence-electron chi connectivity index (χ1n) is 7.29. The number of nitriles is 1. The van der Waals surface area contributed by atoms with Gasteiger partial charge >= 0.3 is 0 Å². The van der Waals surface area contributed by atoms with E-state index in [1.165, 1.54) is 24.2 Å². The van der Waals surface area contributed by atoms with Crippen LogP contribution in [0, 0.1) is 17.2 Å². The number of likely N-dealkylation sites (tertiary alicyclic amines) is 1. The molecule has 0 aromatic heterocycles. The van der Waals surface area contributed by atoms with Crippen LogP contribution in [0.4, 0.5) is 4.39 Å². The minimum Gasteiger partial charge on any atom is -0.322 e. The highest BCUT2D eigenvalue weighted by Crippen LogP contribution is 2.34. The molecule has 2 aliphatic heterocycles. The van der Waals surface area contributed by atoms with Crippen LogP contribution in [0.1, 0.15) is 38.5 Å². The Labute approximate surface area is 112 Å². The Morgan fingerprint density at radius 1 is 1.32 bits per heavy atom. The maximum Gasteiger partial charge on any atom is 0.240 e. The van der Waals surface area contributed by atoms with Crippen molar-refractivity contribution in [1.29, 1.82) is 5.26 Å². The van der Waals surface area contributed by atoms with E-state index in [2.05, 4.69) is 5.32 Å². The molecule has 3 aliphatic rings. The average molecular weight is 265 g/mol. The summed E-state index contributed by atoms with van der Waals surface area (Å²) >= 11 is 0. The Morgan fingerprint density at radius 2 is 2.11 bits per heavy atom. The van der Waals surface area contributed by atoms with Crippen molar-refractivity contribution in [1.82, 2.24) is 10.2 Å². The Morgan fingerprint density at radius 3 is 2.84 bits per heavy atom. The molecule has 2 heterocycles. The van der Waals surface area contributed by atoms with Crippen molar-refractivity contribution >= 4 is 5.91 Å². The van der Waals surface area contributed by atoms with Crippen molar-refractivity contribution in [2.45, 2.75) is 62.8 Å². The Kier molecular flexibility index (Phi) is 3.44. The number of nitrogens with one attached hydrogen (secondary N) is 1. The van der Waals surface area contributed by atoms with Gasteiger partial charge in [0.15, 0.2) is 0 Å². The highest BCUT2D eigenvalue weighted by atomic mass is 19.1. The first kappa shape index (κ1) is 12.9. The molecule has 5 atom stereocenters. The van der Waals surface area contributed by atoms with Gasteiger partial charge in [-0.2, -0.15) is 5.26 Å². The SMILES string of the molecule is N#C[C@@H]1C[C@H](F)CN1C(=O)C1CC2CCCCC2N1. The molecular weight excluding hydrogens is 245 g/mol. The molecule has 3 rings (SSSR count). The van der Waals surface area contributed by atoms with Gasteiger partial charge in [0.1, 0.15) is 12.2 Å². The molecular formula is C14H20FN3O. The average Bonchev–Trinajstić information content (AvgIpc) is 3.00. The first-order valence-corrected chi connectivity index (χ1v) is 7.29. The number of carbonyl (C=O) groups is 1. The van der Waals surface area contributed by atoms with E-state index in [1.54, 1.807) is 0 Å². The highest BCUT2D eigenvalue weighted by molar-refractivity contribution is 5.83. The molecule has 1 aliphatic carbocycles. The molecule has 1 saturated carbocycles. The summed E-state index contributed by atoms with van der Waals surface area (Å²) in [5, 5.41) is 12.4. The van der Waals surface area contributed by atoms with E-state index < -0.39 is 12.2 Å². The summed E-state index contributed by atoms with van der Waals surface area (Å²) in [6.07, 6.45) is 4.79. The van der Waals surface area contributed by atoms with Gasteiger partial charge in [0.2, 0.25) is 5.91 Å². The minimum atomic E-state index is -1.04. The van der Waals surface area contributed by atoms with Crippen LogP contribution in [0.15, 0.2) is 0 Å². The molecule has 1 amide bonds. The van der Waals surface area contributed by atoms with Crippen LogP contribution in [0.2, 0.25) is 0 Å². The van der Waals surface area contributed by atoms with E-state index >= 15 is 0 Å². The lowest BCUT2D eigenvalue weighted by Gasteiger charge is -2.24. The molecule has 0 bridgehead atoms. The molecule has 0 radical (unpaired) electrons. The Bertz CT molecular complexity index is 394. The van der Waals surface area contributed by atoms with Crippen molar-refractivity contribution in [3.8, 4) is 6.07 Å². The van der Waals surface area contributed by atoms with Crippen molar-refractivity contribution in [2.24, 2.45) is 5.92 Å². The summed E-state index contributed by atoms with van der Waals surface area (Å²) in [5.74, 6) is 0.521. The third-order valence-corrected chi connectivity index (χ3v) is 4.84. The quantitative estimate of drug-likeness (QED) is 0.779. The lowest BCUT2D eigenvalue weighted by molar-refractivity contribution is -0.133. The van der Waals surface area contributed by atoms with Crippen molar-refractivity contribution < 1.29 is 9.18 Å². The fourth-order valence-electron chi connectivity index (χ4n) is 3.86. The molecule has 0 aromatic carbocycles. The van der Waals surface area contributed by atoms with Crippen molar-refractivity contribution in [3.63, 3.8) is 0 Å². The Balaban J connectivity index is 1.66. The Hall–Kier alpha value is -1.15. The topological polar surface area (TPSA) is 56.1 Å². The van der Waals surface area contributed by atoms with E-state index in [4.69, 9.17) is 5.26 Å². The zero-order chi connectivity index (χ0) is 13.4. The number of halogens is 1. The number of amides is 1. The molecule has 5 heteroatoms. The normalized spacial score (nSPS) is 41.9. The van der Waals surface area contributed by atoms with Crippen molar-refractivity contribution in [2.75, 3.05) is 6.54 Å². The third-order valence-electron chi connectivity index (χ3n) is 4.84. The fourth-order valence-corrected chi connectivity index (χ4v) is 3.86. The first-order chi connectivity index (χ1) is 9.19. The van der Waals surface area contributed by atoms with Gasteiger partial charge in [-0.05, 0) is 25.2 Å². The number of hydrogen-bond acceptors (Lipinski definition) is 3. The van der Waals surface area contributed by atoms with Gasteiger partial charge in [0.25, 0.3) is 0 Å². The molecule has 3 unspecified atom stereocenters. The second kappa shape index (κ2) is 5.09. The van der Waals surface area contributed by atoms with Gasteiger partial charge in [0, 0.05) is 12.5 Å². The van der Waals surface area contributed by atoms with Crippen LogP contribution in [0.25, 0.3) is 0 Å². The van der Waals surface area contributed by atoms with Gasteiger partial charge in [-0.15, -0.1) is 0 Å². The monoisotopic (exact) mass is 265 g/mol. The van der Waals surface area contributed by atoms with Gasteiger partial charge in [-0.25, -0.2) is 4.39 Å². The summed E-state index contributed by atoms with van der Waals surface area (Å²) in [4.78, 5) is 13.9. The van der Waals surface area contributed by atoms with E-state index in [9.17, 15) is 9.18 Å². The van der Waals surface area contributed by atoms with E-state index in [-0.39, 0.29) is 24.9 Å². The van der Waals surface area contributed by atoms with Crippen LogP contribution in [0.5, 0.6) is 0 Å². The molecule has 4 nitrogen and oxygen atoms in total. The summed E-state index contributed by atoms with van der Waals surface area (Å²) in [6.45, 7) is 0.0879. The number of nitrogens with zero attached hydrogens (tertiary/aromatic N) is 2. The lowest BCUT2D eigenvalue weighted by atomic mass is 9.85. The second-order valence-electron chi connectivity index (χ2n) is 6.07. The van der Waals surface area contributed by atoms with Crippen LogP contribution in [-0.4, -0.2) is 41.6 Å². The molecule has 1 N–H and O–H groups in total. The number of rotatable bonds is 1. The van der Waals surface area contributed by atoms with E-state index in [0.717, 1.165) is 12.8 Å². The highest BCUT2D eigenvalue weighted by Gasteiger charge is 2.43. The zero-order valence-corrected chi connectivity index (χ0v) is 11.0. The molecule has 19 heavy (non-hydrogen) atoms. The summed E-state index contributed by atoms with van der Waals surface area (Å²) < 4.78 is 13.4. The van der Waals surface area contributed by atoms with Crippen LogP contribution >= 0.6 is 0 Å². The second-order valence-corrected chi connectivity index (χ2v) is 6.07. The maximum absolute atomic E-state index is 13.4. The fraction of sp³-hybridized carbons (Fsp3) is 0.857. The van der Waals surface area contributed by atoms with E-state index in [0.29, 0.717) is 12.0 Å². The number of alkyl halides is 1. The van der Waals surface area contributed by atoms with E-state index in [1.807, 2.05) is 6.07 Å². The number of carbonyl (C=O) groups excluding carboxylic acids is 1. The third kappa shape index (κ3) is 2.34. The number of fused-ring (bicyclic) bond motifs is 1. The van der Waals surface area contributed by atoms with Gasteiger partial charge in [0.05, 0.1) is 18.7 Å². The molecule has 0 aromatic rings. The van der Waals surface area contributed by atoms with Gasteiger partial charge in [-0.1, -0.05) is 12.8 Å². The maximum atomic E-state index is 13.4. The summed E-state index contributed by atoms with van der Waals surface area (Å²) in [7, 11) is 0. The molecule has 0 spiro atoms. The predicted molar refractivity (Wildman–Crippen MR) is 67.9 cm³/mol. The number of hydrogen-bond donors (Lipinski definition) is 1. The van der Waals surface area contributed by atoms with Crippen LogP contribution in [-0.2, 0) is 4.79 Å². The van der Waals surface area contributed by atoms with Gasteiger partial charge < -0.3 is 10.2 Å². The lowest BCUT2D eigenvalue weighted by Crippen LogP contribution is -2.47. The smallest absolute Gasteiger partial charge is 0.240 e. The molecule has 104 valence electrons.